The first-order chi connectivity index (χ1) is 9.15. The van der Waals surface area contributed by atoms with E-state index in [4.69, 9.17) is 4.74 Å². The Hall–Kier alpha value is -0.650. The highest BCUT2D eigenvalue weighted by molar-refractivity contribution is 5.79. The molecule has 1 aliphatic heterocycles. The summed E-state index contributed by atoms with van der Waals surface area (Å²) in [7, 11) is 5.81. The maximum absolute atomic E-state index is 12.5. The van der Waals surface area contributed by atoms with E-state index in [1.54, 1.807) is 7.11 Å². The summed E-state index contributed by atoms with van der Waals surface area (Å²) in [6.07, 6.45) is 3.14. The van der Waals surface area contributed by atoms with Crippen LogP contribution in [0.1, 0.15) is 19.3 Å². The molecule has 0 bridgehead atoms. The van der Waals surface area contributed by atoms with Gasteiger partial charge in [-0.15, -0.1) is 0 Å². The monoisotopic (exact) mass is 271 g/mol. The molecule has 0 unspecified atom stereocenters. The zero-order chi connectivity index (χ0) is 14.1. The Labute approximate surface area is 117 Å². The first-order valence-electron chi connectivity index (χ1n) is 7.28. The summed E-state index contributed by atoms with van der Waals surface area (Å²) in [4.78, 5) is 16.6. The van der Waals surface area contributed by atoms with Crippen molar-refractivity contribution in [2.24, 2.45) is 5.92 Å². The minimum Gasteiger partial charge on any atom is -0.383 e. The van der Waals surface area contributed by atoms with Crippen LogP contribution in [0.25, 0.3) is 0 Å². The predicted octanol–water partition coefficient (Wildman–Crippen LogP) is 0.413. The molecule has 0 spiro atoms. The maximum atomic E-state index is 12.5. The van der Waals surface area contributed by atoms with E-state index < -0.39 is 0 Å². The lowest BCUT2D eigenvalue weighted by Gasteiger charge is -2.30. The van der Waals surface area contributed by atoms with Crippen molar-refractivity contribution in [1.82, 2.24) is 15.1 Å². The van der Waals surface area contributed by atoms with Gasteiger partial charge in [-0.3, -0.25) is 4.79 Å². The van der Waals surface area contributed by atoms with Crippen LogP contribution in [0.4, 0.5) is 0 Å². The molecule has 0 aromatic heterocycles. The van der Waals surface area contributed by atoms with Gasteiger partial charge < -0.3 is 19.9 Å². The molecular weight excluding hydrogens is 242 g/mol. The van der Waals surface area contributed by atoms with Crippen LogP contribution in [0.5, 0.6) is 0 Å². The van der Waals surface area contributed by atoms with Crippen LogP contribution in [0.3, 0.4) is 0 Å². The Bertz CT molecular complexity index is 253. The Balaban J connectivity index is 2.43. The van der Waals surface area contributed by atoms with Crippen molar-refractivity contribution in [1.29, 1.82) is 0 Å². The Morgan fingerprint density at radius 2 is 2.11 bits per heavy atom. The second-order valence-corrected chi connectivity index (χ2v) is 5.52. The summed E-state index contributed by atoms with van der Waals surface area (Å²) < 4.78 is 5.12. The van der Waals surface area contributed by atoms with E-state index >= 15 is 0 Å². The second kappa shape index (κ2) is 9.28. The first kappa shape index (κ1) is 16.4. The van der Waals surface area contributed by atoms with Gasteiger partial charge in [0.25, 0.3) is 0 Å². The van der Waals surface area contributed by atoms with Crippen molar-refractivity contribution in [3.63, 3.8) is 0 Å². The number of carbonyl (C=O) groups is 1. The van der Waals surface area contributed by atoms with E-state index in [2.05, 4.69) is 24.3 Å². The Kier molecular flexibility index (Phi) is 8.02. The fraction of sp³-hybridized carbons (Fsp3) is 0.929. The molecule has 0 saturated carbocycles. The first-order valence-corrected chi connectivity index (χ1v) is 7.28. The maximum Gasteiger partial charge on any atom is 0.227 e. The molecule has 0 aromatic carbocycles. The van der Waals surface area contributed by atoms with Gasteiger partial charge in [-0.25, -0.2) is 0 Å². The molecule has 0 radical (unpaired) electrons. The SMILES string of the molecule is COCCN(CCCN(C)C)C(=O)[C@@H]1CCCNC1. The van der Waals surface area contributed by atoms with E-state index in [-0.39, 0.29) is 5.92 Å². The molecule has 1 heterocycles. The van der Waals surface area contributed by atoms with Crippen molar-refractivity contribution < 1.29 is 9.53 Å². The van der Waals surface area contributed by atoms with Crippen LogP contribution in [0.15, 0.2) is 0 Å². The molecule has 5 nitrogen and oxygen atoms in total. The van der Waals surface area contributed by atoms with Crippen molar-refractivity contribution >= 4 is 5.91 Å². The summed E-state index contributed by atoms with van der Waals surface area (Å²) in [5.74, 6) is 0.452. The molecule has 1 atom stereocenters. The smallest absolute Gasteiger partial charge is 0.227 e. The summed E-state index contributed by atoms with van der Waals surface area (Å²) in [6.45, 7) is 5.04. The third-order valence-corrected chi connectivity index (χ3v) is 3.56. The summed E-state index contributed by atoms with van der Waals surface area (Å²) in [5.41, 5.74) is 0. The van der Waals surface area contributed by atoms with Crippen LogP contribution in [-0.4, -0.2) is 76.2 Å². The quantitative estimate of drug-likeness (QED) is 0.695. The summed E-state index contributed by atoms with van der Waals surface area (Å²) in [5, 5.41) is 3.31. The van der Waals surface area contributed by atoms with Gasteiger partial charge in [0.2, 0.25) is 5.91 Å². The number of methoxy groups -OCH3 is 1. The summed E-state index contributed by atoms with van der Waals surface area (Å²) >= 11 is 0. The molecule has 1 N–H and O–H groups in total. The van der Waals surface area contributed by atoms with E-state index in [1.807, 2.05) is 4.90 Å². The van der Waals surface area contributed by atoms with Crippen molar-refractivity contribution in [3.05, 3.63) is 0 Å². The van der Waals surface area contributed by atoms with E-state index in [9.17, 15) is 4.79 Å². The average molecular weight is 271 g/mol. The minimum atomic E-state index is 0.157. The normalized spacial score (nSPS) is 19.7. The van der Waals surface area contributed by atoms with E-state index in [1.165, 1.54) is 0 Å². The molecule has 19 heavy (non-hydrogen) atoms. The topological polar surface area (TPSA) is 44.8 Å². The van der Waals surface area contributed by atoms with Gasteiger partial charge in [0.1, 0.15) is 0 Å². The molecule has 0 aromatic rings. The number of hydrogen-bond donors (Lipinski definition) is 1. The lowest BCUT2D eigenvalue weighted by molar-refractivity contribution is -0.136. The highest BCUT2D eigenvalue weighted by Crippen LogP contribution is 2.13. The fourth-order valence-electron chi connectivity index (χ4n) is 2.43. The molecule has 1 rings (SSSR count). The van der Waals surface area contributed by atoms with Crippen LogP contribution < -0.4 is 5.32 Å². The number of piperidine rings is 1. The zero-order valence-corrected chi connectivity index (χ0v) is 12.7. The lowest BCUT2D eigenvalue weighted by Crippen LogP contribution is -2.44. The van der Waals surface area contributed by atoms with Gasteiger partial charge in [0.15, 0.2) is 0 Å². The van der Waals surface area contributed by atoms with Crippen LogP contribution in [-0.2, 0) is 9.53 Å². The number of ether oxygens (including phenoxy) is 1. The van der Waals surface area contributed by atoms with Gasteiger partial charge in [-0.05, 0) is 46.4 Å². The number of carbonyl (C=O) groups excluding carboxylic acids is 1. The molecule has 5 heteroatoms. The van der Waals surface area contributed by atoms with Gasteiger partial charge in [0.05, 0.1) is 12.5 Å². The highest BCUT2D eigenvalue weighted by Gasteiger charge is 2.25. The van der Waals surface area contributed by atoms with Crippen LogP contribution in [0.2, 0.25) is 0 Å². The molecule has 1 saturated heterocycles. The zero-order valence-electron chi connectivity index (χ0n) is 12.7. The molecule has 1 fully saturated rings. The van der Waals surface area contributed by atoms with Crippen LogP contribution >= 0.6 is 0 Å². The molecule has 112 valence electrons. The average Bonchev–Trinajstić information content (AvgIpc) is 2.42. The van der Waals surface area contributed by atoms with Gasteiger partial charge in [-0.2, -0.15) is 0 Å². The standard InChI is InChI=1S/C14H29N3O2/c1-16(2)8-5-9-17(10-11-19-3)14(18)13-6-4-7-15-12-13/h13,15H,4-12H2,1-3H3/t13-/m1/s1. The fourth-order valence-corrected chi connectivity index (χ4v) is 2.43. The van der Waals surface area contributed by atoms with E-state index in [0.717, 1.165) is 45.4 Å². The van der Waals surface area contributed by atoms with Crippen molar-refractivity contribution in [3.8, 4) is 0 Å². The number of rotatable bonds is 8. The molecule has 0 aliphatic carbocycles. The number of nitrogens with one attached hydrogen (secondary N) is 1. The third-order valence-electron chi connectivity index (χ3n) is 3.56. The van der Waals surface area contributed by atoms with E-state index in [0.29, 0.717) is 19.1 Å². The second-order valence-electron chi connectivity index (χ2n) is 5.52. The highest BCUT2D eigenvalue weighted by atomic mass is 16.5. The van der Waals surface area contributed by atoms with Crippen molar-refractivity contribution in [2.45, 2.75) is 19.3 Å². The number of nitrogens with zero attached hydrogens (tertiary/aromatic N) is 2. The minimum absolute atomic E-state index is 0.157. The summed E-state index contributed by atoms with van der Waals surface area (Å²) in [6, 6.07) is 0. The lowest BCUT2D eigenvalue weighted by atomic mass is 9.98. The third kappa shape index (κ3) is 6.36. The van der Waals surface area contributed by atoms with Gasteiger partial charge >= 0.3 is 0 Å². The Morgan fingerprint density at radius 3 is 2.68 bits per heavy atom. The molecule has 1 amide bonds. The molecular formula is C14H29N3O2. The predicted molar refractivity (Wildman–Crippen MR) is 77.2 cm³/mol. The van der Waals surface area contributed by atoms with Gasteiger partial charge in [-0.1, -0.05) is 0 Å². The van der Waals surface area contributed by atoms with Gasteiger partial charge in [0, 0.05) is 26.7 Å². The Morgan fingerprint density at radius 1 is 1.32 bits per heavy atom. The molecule has 1 aliphatic rings. The number of hydrogen-bond acceptors (Lipinski definition) is 4. The largest absolute Gasteiger partial charge is 0.383 e. The number of amides is 1. The van der Waals surface area contributed by atoms with Crippen LogP contribution in [0, 0.1) is 5.92 Å². The van der Waals surface area contributed by atoms with Crippen molar-refractivity contribution in [2.75, 3.05) is 60.5 Å².